The molecule has 0 atom stereocenters. The lowest BCUT2D eigenvalue weighted by molar-refractivity contribution is -0.122. The number of thioether (sulfide) groups is 1. The van der Waals surface area contributed by atoms with Gasteiger partial charge in [0.05, 0.1) is 17.1 Å². The van der Waals surface area contributed by atoms with E-state index in [9.17, 15) is 14.7 Å². The van der Waals surface area contributed by atoms with Crippen LogP contribution in [0.4, 0.5) is 5.82 Å². The van der Waals surface area contributed by atoms with Crippen LogP contribution >= 0.6 is 24.0 Å². The van der Waals surface area contributed by atoms with Crippen LogP contribution in [0.1, 0.15) is 50.2 Å². The zero-order valence-corrected chi connectivity index (χ0v) is 19.5. The van der Waals surface area contributed by atoms with Crippen LogP contribution in [0.2, 0.25) is 0 Å². The van der Waals surface area contributed by atoms with E-state index in [2.05, 4.69) is 17.2 Å². The summed E-state index contributed by atoms with van der Waals surface area (Å²) in [5.74, 6) is 0.172. The summed E-state index contributed by atoms with van der Waals surface area (Å²) in [6, 6.07) is 3.66. The van der Waals surface area contributed by atoms with E-state index < -0.39 is 0 Å². The molecule has 0 saturated carbocycles. The van der Waals surface area contributed by atoms with Crippen LogP contribution in [0.15, 0.2) is 28.0 Å². The van der Waals surface area contributed by atoms with Gasteiger partial charge in [0.2, 0.25) is 0 Å². The summed E-state index contributed by atoms with van der Waals surface area (Å²) in [6.45, 7) is 4.78. The summed E-state index contributed by atoms with van der Waals surface area (Å²) in [4.78, 5) is 32.8. The average Bonchev–Trinajstić information content (AvgIpc) is 3.02. The minimum absolute atomic E-state index is 0.103. The molecule has 0 aromatic carbocycles. The topological polar surface area (TPSA) is 86.9 Å². The maximum atomic E-state index is 13.2. The number of fused-ring (bicyclic) bond motifs is 1. The fraction of sp³-hybridized carbons (Fsp3) is 0.455. The summed E-state index contributed by atoms with van der Waals surface area (Å²) in [5, 5.41) is 12.2. The number of pyridine rings is 1. The number of aliphatic hydroxyl groups excluding tert-OH is 1. The van der Waals surface area contributed by atoms with E-state index in [0.717, 1.165) is 24.8 Å². The lowest BCUT2D eigenvalue weighted by atomic mass is 10.1. The van der Waals surface area contributed by atoms with Gasteiger partial charge in [-0.1, -0.05) is 62.7 Å². The predicted molar refractivity (Wildman–Crippen MR) is 130 cm³/mol. The Labute approximate surface area is 191 Å². The fourth-order valence-electron chi connectivity index (χ4n) is 3.45. The number of thiocarbonyl (C=S) groups is 1. The number of rotatable bonds is 10. The molecule has 0 aliphatic carbocycles. The largest absolute Gasteiger partial charge is 0.395 e. The van der Waals surface area contributed by atoms with Crippen molar-refractivity contribution in [1.82, 2.24) is 14.3 Å². The number of aliphatic hydroxyl groups is 1. The monoisotopic (exact) mass is 460 g/mol. The van der Waals surface area contributed by atoms with E-state index in [4.69, 9.17) is 12.2 Å². The Balaban J connectivity index is 1.92. The third-order valence-electron chi connectivity index (χ3n) is 5.12. The molecule has 3 heterocycles. The second kappa shape index (κ2) is 10.9. The number of anilines is 1. The van der Waals surface area contributed by atoms with E-state index >= 15 is 0 Å². The van der Waals surface area contributed by atoms with Crippen LogP contribution in [-0.4, -0.2) is 49.3 Å². The second-order valence-corrected chi connectivity index (χ2v) is 9.14. The molecule has 31 heavy (non-hydrogen) atoms. The summed E-state index contributed by atoms with van der Waals surface area (Å²) in [6.07, 6.45) is 8.72. The number of nitrogens with zero attached hydrogens (tertiary/aromatic N) is 3. The van der Waals surface area contributed by atoms with Crippen molar-refractivity contribution >= 4 is 51.7 Å². The molecule has 166 valence electrons. The highest BCUT2D eigenvalue weighted by Gasteiger charge is 2.32. The van der Waals surface area contributed by atoms with Crippen molar-refractivity contribution in [2.75, 3.05) is 25.0 Å². The quantitative estimate of drug-likeness (QED) is 0.318. The molecule has 0 radical (unpaired) electrons. The molecule has 7 nitrogen and oxygen atoms in total. The van der Waals surface area contributed by atoms with Crippen molar-refractivity contribution in [3.05, 3.63) is 44.7 Å². The molecule has 1 aliphatic heterocycles. The SMILES string of the molecule is CCCCCCCN1C(=O)C(=Cc2c(NCCO)nc3c(C)cccn3c2=O)SC1=S. The molecule has 1 amide bonds. The van der Waals surface area contributed by atoms with Crippen LogP contribution in [0, 0.1) is 6.92 Å². The molecule has 2 aromatic rings. The van der Waals surface area contributed by atoms with Gasteiger partial charge in [0.25, 0.3) is 11.5 Å². The van der Waals surface area contributed by atoms with Crippen molar-refractivity contribution in [2.24, 2.45) is 0 Å². The first kappa shape index (κ1) is 23.4. The van der Waals surface area contributed by atoms with Crippen molar-refractivity contribution < 1.29 is 9.90 Å². The van der Waals surface area contributed by atoms with Crippen LogP contribution in [0.5, 0.6) is 0 Å². The number of amides is 1. The Morgan fingerprint density at radius 1 is 1.26 bits per heavy atom. The molecule has 9 heteroatoms. The predicted octanol–water partition coefficient (Wildman–Crippen LogP) is 3.58. The lowest BCUT2D eigenvalue weighted by Gasteiger charge is -2.14. The van der Waals surface area contributed by atoms with Gasteiger partial charge in [-0.25, -0.2) is 4.98 Å². The van der Waals surface area contributed by atoms with Crippen LogP contribution in [0.25, 0.3) is 11.7 Å². The van der Waals surface area contributed by atoms with Crippen LogP contribution in [-0.2, 0) is 4.79 Å². The zero-order valence-electron chi connectivity index (χ0n) is 17.9. The standard InChI is InChI=1S/C22H28N4O3S2/c1-3-4-5-6-7-11-26-21(29)17(31-22(26)30)14-16-18(23-10-13-27)24-19-15(2)9-8-12-25(19)20(16)28/h8-9,12,14,23,27H,3-7,10-11,13H2,1-2H3. The van der Waals surface area contributed by atoms with Crippen LogP contribution < -0.4 is 10.9 Å². The summed E-state index contributed by atoms with van der Waals surface area (Å²) in [7, 11) is 0. The molecule has 2 aromatic heterocycles. The highest BCUT2D eigenvalue weighted by atomic mass is 32.2. The highest BCUT2D eigenvalue weighted by molar-refractivity contribution is 8.26. The maximum absolute atomic E-state index is 13.2. The minimum atomic E-state index is -0.279. The molecule has 0 spiro atoms. The molecule has 1 saturated heterocycles. The van der Waals surface area contributed by atoms with Crippen LogP contribution in [0.3, 0.4) is 0 Å². The van der Waals surface area contributed by atoms with E-state index in [1.165, 1.54) is 29.0 Å². The second-order valence-electron chi connectivity index (χ2n) is 7.46. The van der Waals surface area contributed by atoms with Gasteiger partial charge < -0.3 is 10.4 Å². The first-order chi connectivity index (χ1) is 15.0. The minimum Gasteiger partial charge on any atom is -0.395 e. The van der Waals surface area contributed by atoms with E-state index in [0.29, 0.717) is 27.2 Å². The molecule has 1 aliphatic rings. The summed E-state index contributed by atoms with van der Waals surface area (Å²) in [5.41, 5.74) is 1.39. The van der Waals surface area contributed by atoms with Gasteiger partial charge >= 0.3 is 0 Å². The van der Waals surface area contributed by atoms with Gasteiger partial charge in [-0.15, -0.1) is 0 Å². The Kier molecular flexibility index (Phi) is 8.22. The van der Waals surface area contributed by atoms with Crippen molar-refractivity contribution in [3.8, 4) is 0 Å². The highest BCUT2D eigenvalue weighted by Crippen LogP contribution is 2.33. The number of aromatic nitrogens is 2. The maximum Gasteiger partial charge on any atom is 0.267 e. The zero-order chi connectivity index (χ0) is 22.4. The summed E-state index contributed by atoms with van der Waals surface area (Å²) >= 11 is 6.63. The number of carbonyl (C=O) groups is 1. The molecule has 3 rings (SSSR count). The summed E-state index contributed by atoms with van der Waals surface area (Å²) < 4.78 is 1.99. The number of hydrogen-bond donors (Lipinski definition) is 2. The van der Waals surface area contributed by atoms with Crippen molar-refractivity contribution in [3.63, 3.8) is 0 Å². The van der Waals surface area contributed by atoms with Gasteiger partial charge in [-0.05, 0) is 31.1 Å². The van der Waals surface area contributed by atoms with E-state index in [1.54, 1.807) is 23.2 Å². The Hall–Kier alpha value is -2.23. The smallest absolute Gasteiger partial charge is 0.267 e. The van der Waals surface area contributed by atoms with Gasteiger partial charge in [0.1, 0.15) is 15.8 Å². The first-order valence-electron chi connectivity index (χ1n) is 10.6. The number of nitrogens with one attached hydrogen (secondary N) is 1. The van der Waals surface area contributed by atoms with Crippen molar-refractivity contribution in [2.45, 2.75) is 46.0 Å². The molecule has 0 bridgehead atoms. The number of carbonyl (C=O) groups excluding carboxylic acids is 1. The third kappa shape index (κ3) is 5.34. The third-order valence-corrected chi connectivity index (χ3v) is 6.50. The molecule has 0 unspecified atom stereocenters. The van der Waals surface area contributed by atoms with Gasteiger partial charge in [-0.2, -0.15) is 0 Å². The first-order valence-corrected chi connectivity index (χ1v) is 11.8. The lowest BCUT2D eigenvalue weighted by Crippen LogP contribution is -2.29. The number of unbranched alkanes of at least 4 members (excludes halogenated alkanes) is 4. The molecule has 2 N–H and O–H groups in total. The Morgan fingerprint density at radius 2 is 2.03 bits per heavy atom. The Bertz CT molecular complexity index is 1060. The Morgan fingerprint density at radius 3 is 2.77 bits per heavy atom. The van der Waals surface area contributed by atoms with E-state index in [-0.39, 0.29) is 30.2 Å². The van der Waals surface area contributed by atoms with Gasteiger partial charge in [0, 0.05) is 19.3 Å². The molecule has 1 fully saturated rings. The van der Waals surface area contributed by atoms with Gasteiger partial charge in [-0.3, -0.25) is 18.9 Å². The molecular formula is C22H28N4O3S2. The average molecular weight is 461 g/mol. The normalized spacial score (nSPS) is 15.5. The fourth-order valence-corrected chi connectivity index (χ4v) is 4.74. The van der Waals surface area contributed by atoms with Gasteiger partial charge in [0.15, 0.2) is 0 Å². The van der Waals surface area contributed by atoms with E-state index in [1.807, 2.05) is 13.0 Å². The number of hydrogen-bond acceptors (Lipinski definition) is 7. The van der Waals surface area contributed by atoms with Crippen molar-refractivity contribution in [1.29, 1.82) is 0 Å². The molecular weight excluding hydrogens is 432 g/mol. The number of aryl methyl sites for hydroxylation is 1.